The maximum Gasteiger partial charge on any atom is 0.344 e. The van der Waals surface area contributed by atoms with Crippen molar-refractivity contribution >= 4 is 44.2 Å². The Kier molecular flexibility index (Phi) is 7.34. The van der Waals surface area contributed by atoms with Crippen LogP contribution in [0.4, 0.5) is 0 Å². The van der Waals surface area contributed by atoms with Gasteiger partial charge in [0.2, 0.25) is 6.49 Å². The zero-order chi connectivity index (χ0) is 22.6. The molecule has 3 aliphatic heterocycles. The van der Waals surface area contributed by atoms with Crippen LogP contribution in [0.2, 0.25) is 0 Å². The van der Waals surface area contributed by atoms with E-state index in [2.05, 4.69) is 13.8 Å². The molecule has 0 aromatic rings. The average Bonchev–Trinajstić information content (AvgIpc) is 2.64. The zero-order valence-electron chi connectivity index (χ0n) is 18.9. The first-order valence-electron chi connectivity index (χ1n) is 10.2. The summed E-state index contributed by atoms with van der Waals surface area (Å²) in [4.78, 5) is 0. The SMILES string of the molecule is CC(C(P1(=O)OCC(C)(C)CO1)P1(=S)OCC(C)(C)CO1)P1(=S)OCC(C)(C)CO1. The normalized spacial score (nSPS) is 33.3. The standard InChI is InChI=1S/C18H35O7P3S2/c1-14(27(29)22-10-17(4,5)11-23-27)15(26(19)20-8-16(2,3)9-21-26)28(30)24-12-18(6,7)13-25-28/h14-15H,8-13H2,1-7H3. The minimum atomic E-state index is -3.68. The number of rotatable bonds is 4. The van der Waals surface area contributed by atoms with Crippen LogP contribution in [0.1, 0.15) is 48.5 Å². The molecule has 3 heterocycles. The highest BCUT2D eigenvalue weighted by Crippen LogP contribution is 2.79. The predicted octanol–water partition coefficient (Wildman–Crippen LogP) is 5.73. The van der Waals surface area contributed by atoms with Crippen molar-refractivity contribution < 1.29 is 31.7 Å². The molecule has 12 heteroatoms. The Morgan fingerprint density at radius 2 is 0.933 bits per heavy atom. The topological polar surface area (TPSA) is 72.5 Å². The highest BCUT2D eigenvalue weighted by atomic mass is 32.5. The van der Waals surface area contributed by atoms with Crippen LogP contribution in [0, 0.1) is 16.2 Å². The molecule has 176 valence electrons. The lowest BCUT2D eigenvalue weighted by atomic mass is 9.97. The Hall–Kier alpha value is 1.29. The molecular weight excluding hydrogens is 485 g/mol. The van der Waals surface area contributed by atoms with Crippen LogP contribution < -0.4 is 0 Å². The molecule has 0 aliphatic carbocycles. The van der Waals surface area contributed by atoms with Crippen LogP contribution in [0.15, 0.2) is 0 Å². The van der Waals surface area contributed by atoms with E-state index in [0.29, 0.717) is 39.6 Å². The number of hydrogen-bond donors (Lipinski definition) is 0. The van der Waals surface area contributed by atoms with E-state index in [9.17, 15) is 4.57 Å². The molecule has 0 aromatic carbocycles. The van der Waals surface area contributed by atoms with Gasteiger partial charge in [0.25, 0.3) is 0 Å². The zero-order valence-corrected chi connectivity index (χ0v) is 23.2. The Morgan fingerprint density at radius 3 is 1.30 bits per heavy atom. The van der Waals surface area contributed by atoms with E-state index in [1.54, 1.807) is 0 Å². The van der Waals surface area contributed by atoms with Gasteiger partial charge in [0.1, 0.15) is 5.40 Å². The summed E-state index contributed by atoms with van der Waals surface area (Å²) in [6.45, 7) is 10.6. The molecule has 3 fully saturated rings. The predicted molar refractivity (Wildman–Crippen MR) is 126 cm³/mol. The Balaban J connectivity index is 1.95. The van der Waals surface area contributed by atoms with Crippen molar-refractivity contribution in [1.82, 2.24) is 0 Å². The van der Waals surface area contributed by atoms with Crippen LogP contribution in [-0.4, -0.2) is 50.7 Å². The van der Waals surface area contributed by atoms with Gasteiger partial charge in [0.05, 0.1) is 45.3 Å². The van der Waals surface area contributed by atoms with Gasteiger partial charge in [-0.2, -0.15) is 0 Å². The third kappa shape index (κ3) is 5.50. The maximum atomic E-state index is 14.1. The molecule has 3 aliphatic rings. The van der Waals surface area contributed by atoms with Crippen LogP contribution in [0.5, 0.6) is 0 Å². The first kappa shape index (κ1) is 25.9. The van der Waals surface area contributed by atoms with Crippen molar-refractivity contribution in [2.24, 2.45) is 16.2 Å². The lowest BCUT2D eigenvalue weighted by molar-refractivity contribution is 0.0329. The maximum absolute atomic E-state index is 14.1. The lowest BCUT2D eigenvalue weighted by Crippen LogP contribution is -2.40. The summed E-state index contributed by atoms with van der Waals surface area (Å²) < 4.78 is 50.4. The van der Waals surface area contributed by atoms with Gasteiger partial charge < -0.3 is 27.1 Å². The largest absolute Gasteiger partial charge is 0.344 e. The Labute approximate surface area is 191 Å². The molecule has 2 atom stereocenters. The van der Waals surface area contributed by atoms with E-state index in [1.807, 2.05) is 34.6 Å². The second-order valence-corrected chi connectivity index (χ2v) is 21.1. The quantitative estimate of drug-likeness (QED) is 0.432. The summed E-state index contributed by atoms with van der Waals surface area (Å²) in [5.74, 6) is 0. The average molecular weight is 521 g/mol. The highest BCUT2D eigenvalue weighted by Gasteiger charge is 2.59. The van der Waals surface area contributed by atoms with Gasteiger partial charge in [-0.15, -0.1) is 0 Å². The molecule has 3 rings (SSSR count). The van der Waals surface area contributed by atoms with Gasteiger partial charge in [0, 0.05) is 16.2 Å². The second kappa shape index (κ2) is 8.50. The van der Waals surface area contributed by atoms with Crippen molar-refractivity contribution in [1.29, 1.82) is 0 Å². The molecule has 7 nitrogen and oxygen atoms in total. The molecule has 0 radical (unpaired) electrons. The molecule has 0 spiro atoms. The van der Waals surface area contributed by atoms with Crippen molar-refractivity contribution in [3.05, 3.63) is 0 Å². The molecule has 30 heavy (non-hydrogen) atoms. The van der Waals surface area contributed by atoms with Gasteiger partial charge in [-0.05, 0) is 23.6 Å². The fourth-order valence-electron chi connectivity index (χ4n) is 3.23. The highest BCUT2D eigenvalue weighted by molar-refractivity contribution is 8.14. The summed E-state index contributed by atoms with van der Waals surface area (Å²) >= 11 is 11.8. The summed E-state index contributed by atoms with van der Waals surface area (Å²) in [7, 11) is -3.68. The lowest BCUT2D eigenvalue weighted by Gasteiger charge is -2.48. The Morgan fingerprint density at radius 1 is 0.633 bits per heavy atom. The second-order valence-electron chi connectivity index (χ2n) is 10.9. The van der Waals surface area contributed by atoms with Crippen LogP contribution >= 0.6 is 20.6 Å². The molecular formula is C18H35O7P3S2. The van der Waals surface area contributed by atoms with Crippen LogP contribution in [0.25, 0.3) is 0 Å². The van der Waals surface area contributed by atoms with Crippen molar-refractivity contribution in [3.8, 4) is 0 Å². The smallest absolute Gasteiger partial charge is 0.328 e. The van der Waals surface area contributed by atoms with Crippen molar-refractivity contribution in [3.63, 3.8) is 0 Å². The van der Waals surface area contributed by atoms with E-state index < -0.39 is 31.6 Å². The van der Waals surface area contributed by atoms with Crippen molar-refractivity contribution in [2.75, 3.05) is 39.6 Å². The van der Waals surface area contributed by atoms with E-state index >= 15 is 0 Å². The van der Waals surface area contributed by atoms with E-state index in [0.717, 1.165) is 0 Å². The minimum Gasteiger partial charge on any atom is -0.328 e. The first-order chi connectivity index (χ1) is 13.5. The summed E-state index contributed by atoms with van der Waals surface area (Å²) in [6, 6.07) is 0. The molecule has 0 saturated carbocycles. The van der Waals surface area contributed by atoms with E-state index in [4.69, 9.17) is 50.8 Å². The molecule has 0 N–H and O–H groups in total. The number of hydrogen-bond acceptors (Lipinski definition) is 9. The van der Waals surface area contributed by atoms with E-state index in [1.165, 1.54) is 0 Å². The molecule has 0 aromatic heterocycles. The van der Waals surface area contributed by atoms with Gasteiger partial charge in [-0.25, -0.2) is 0 Å². The third-order valence-corrected chi connectivity index (χ3v) is 17.5. The minimum absolute atomic E-state index is 0.133. The van der Waals surface area contributed by atoms with E-state index in [-0.39, 0.29) is 16.2 Å². The van der Waals surface area contributed by atoms with Gasteiger partial charge in [-0.3, -0.25) is 4.57 Å². The fraction of sp³-hybridized carbons (Fsp3) is 1.00. The summed E-state index contributed by atoms with van der Waals surface area (Å²) in [5, 5.41) is -0.834. The monoisotopic (exact) mass is 520 g/mol. The van der Waals surface area contributed by atoms with Gasteiger partial charge in [0.15, 0.2) is 6.49 Å². The summed E-state index contributed by atoms with van der Waals surface area (Å²) in [6.07, 6.45) is 0. The Bertz CT molecular complexity index is 730. The van der Waals surface area contributed by atoms with Gasteiger partial charge >= 0.3 is 7.60 Å². The fourth-order valence-corrected chi connectivity index (χ4v) is 16.7. The van der Waals surface area contributed by atoms with Crippen LogP contribution in [-0.2, 0) is 55.3 Å². The molecule has 0 bridgehead atoms. The molecule has 0 amide bonds. The van der Waals surface area contributed by atoms with Crippen LogP contribution in [0.3, 0.4) is 0 Å². The van der Waals surface area contributed by atoms with Crippen molar-refractivity contribution in [2.45, 2.75) is 59.5 Å². The first-order valence-corrected chi connectivity index (χ1v) is 17.2. The molecule has 3 saturated heterocycles. The van der Waals surface area contributed by atoms with Gasteiger partial charge in [-0.1, -0.05) is 48.5 Å². The third-order valence-electron chi connectivity index (χ3n) is 5.39. The molecule has 2 unspecified atom stereocenters. The summed E-state index contributed by atoms with van der Waals surface area (Å²) in [5.41, 5.74) is -1.05.